The first kappa shape index (κ1) is 11.1. The van der Waals surface area contributed by atoms with Gasteiger partial charge in [-0.05, 0) is 26.2 Å². The van der Waals surface area contributed by atoms with E-state index in [1.807, 2.05) is 6.92 Å². The highest BCUT2D eigenvalue weighted by Gasteiger charge is 2.26. The van der Waals surface area contributed by atoms with E-state index in [9.17, 15) is 0 Å². The molecule has 0 aliphatic heterocycles. The van der Waals surface area contributed by atoms with E-state index in [4.69, 9.17) is 15.2 Å². The third-order valence-corrected chi connectivity index (χ3v) is 2.66. The summed E-state index contributed by atoms with van der Waals surface area (Å²) in [6, 6.07) is 0.109. The molecule has 2 rings (SSSR count). The molecule has 0 saturated heterocycles. The summed E-state index contributed by atoms with van der Waals surface area (Å²) in [7, 11) is 0. The molecule has 1 fully saturated rings. The van der Waals surface area contributed by atoms with Gasteiger partial charge in [0.15, 0.2) is 0 Å². The standard InChI is InChI=1S/C11H17N3O2/c1-2-15-10-6-13-7-11(14-10)16-9-5-3-4-8(9)12/h6-9H,2-5,12H2,1H3. The van der Waals surface area contributed by atoms with Crippen LogP contribution in [0.4, 0.5) is 0 Å². The SMILES string of the molecule is CCOc1cncc(OC2CCCC2N)n1. The fraction of sp³-hybridized carbons (Fsp3) is 0.636. The zero-order valence-electron chi connectivity index (χ0n) is 9.43. The maximum Gasteiger partial charge on any atom is 0.235 e. The maximum absolute atomic E-state index is 5.92. The van der Waals surface area contributed by atoms with Gasteiger partial charge in [-0.3, -0.25) is 4.98 Å². The lowest BCUT2D eigenvalue weighted by Crippen LogP contribution is -2.33. The second kappa shape index (κ2) is 5.12. The van der Waals surface area contributed by atoms with E-state index in [2.05, 4.69) is 9.97 Å². The number of rotatable bonds is 4. The molecule has 0 bridgehead atoms. The van der Waals surface area contributed by atoms with Gasteiger partial charge >= 0.3 is 0 Å². The molecule has 1 aliphatic rings. The van der Waals surface area contributed by atoms with Crippen LogP contribution in [0.25, 0.3) is 0 Å². The first-order valence-corrected chi connectivity index (χ1v) is 5.66. The molecular formula is C11H17N3O2. The van der Waals surface area contributed by atoms with E-state index in [-0.39, 0.29) is 12.1 Å². The van der Waals surface area contributed by atoms with Gasteiger partial charge in [-0.1, -0.05) is 0 Å². The maximum atomic E-state index is 5.92. The van der Waals surface area contributed by atoms with Crippen LogP contribution in [0, 0.1) is 0 Å². The van der Waals surface area contributed by atoms with Crippen LogP contribution in [-0.4, -0.2) is 28.7 Å². The first-order chi connectivity index (χ1) is 7.79. The van der Waals surface area contributed by atoms with Crippen molar-refractivity contribution in [3.05, 3.63) is 12.4 Å². The van der Waals surface area contributed by atoms with Crippen molar-refractivity contribution in [1.29, 1.82) is 0 Å². The quantitative estimate of drug-likeness (QED) is 0.828. The van der Waals surface area contributed by atoms with Crippen LogP contribution in [-0.2, 0) is 0 Å². The molecule has 2 atom stereocenters. The summed E-state index contributed by atoms with van der Waals surface area (Å²) >= 11 is 0. The third-order valence-electron chi connectivity index (χ3n) is 2.66. The number of nitrogens with two attached hydrogens (primary N) is 1. The molecule has 0 aromatic carbocycles. The molecule has 0 spiro atoms. The van der Waals surface area contributed by atoms with E-state index >= 15 is 0 Å². The van der Waals surface area contributed by atoms with E-state index < -0.39 is 0 Å². The molecule has 88 valence electrons. The molecule has 2 N–H and O–H groups in total. The lowest BCUT2D eigenvalue weighted by molar-refractivity contribution is 0.180. The molecule has 1 aromatic heterocycles. The van der Waals surface area contributed by atoms with Gasteiger partial charge in [-0.15, -0.1) is 0 Å². The molecule has 2 unspecified atom stereocenters. The smallest absolute Gasteiger partial charge is 0.235 e. The molecule has 0 amide bonds. The lowest BCUT2D eigenvalue weighted by Gasteiger charge is -2.16. The van der Waals surface area contributed by atoms with Crippen molar-refractivity contribution >= 4 is 0 Å². The van der Waals surface area contributed by atoms with Gasteiger partial charge in [0.1, 0.15) is 6.10 Å². The van der Waals surface area contributed by atoms with Crippen molar-refractivity contribution in [3.8, 4) is 11.8 Å². The highest BCUT2D eigenvalue weighted by atomic mass is 16.5. The monoisotopic (exact) mass is 223 g/mol. The van der Waals surface area contributed by atoms with Crippen molar-refractivity contribution < 1.29 is 9.47 Å². The number of nitrogens with zero attached hydrogens (tertiary/aromatic N) is 2. The van der Waals surface area contributed by atoms with E-state index in [1.165, 1.54) is 0 Å². The van der Waals surface area contributed by atoms with Gasteiger partial charge in [0.05, 0.1) is 19.0 Å². The molecule has 1 saturated carbocycles. The van der Waals surface area contributed by atoms with Crippen molar-refractivity contribution in [1.82, 2.24) is 9.97 Å². The van der Waals surface area contributed by atoms with Gasteiger partial charge in [-0.2, -0.15) is 4.98 Å². The zero-order valence-corrected chi connectivity index (χ0v) is 9.43. The van der Waals surface area contributed by atoms with Crippen molar-refractivity contribution in [2.45, 2.75) is 38.3 Å². The zero-order chi connectivity index (χ0) is 11.4. The van der Waals surface area contributed by atoms with Gasteiger partial charge in [-0.25, -0.2) is 0 Å². The van der Waals surface area contributed by atoms with Crippen LogP contribution in [0.1, 0.15) is 26.2 Å². The van der Waals surface area contributed by atoms with E-state index in [1.54, 1.807) is 12.4 Å². The van der Waals surface area contributed by atoms with Gasteiger partial charge in [0.25, 0.3) is 0 Å². The van der Waals surface area contributed by atoms with Crippen molar-refractivity contribution in [2.75, 3.05) is 6.61 Å². The van der Waals surface area contributed by atoms with Gasteiger partial charge in [0.2, 0.25) is 11.8 Å². The molecule has 1 aromatic rings. The van der Waals surface area contributed by atoms with Crippen LogP contribution >= 0.6 is 0 Å². The number of hydrogen-bond acceptors (Lipinski definition) is 5. The van der Waals surface area contributed by atoms with Crippen LogP contribution in [0.3, 0.4) is 0 Å². The fourth-order valence-corrected chi connectivity index (χ4v) is 1.86. The summed E-state index contributed by atoms with van der Waals surface area (Å²) in [6.45, 7) is 2.48. The summed E-state index contributed by atoms with van der Waals surface area (Å²) in [6.07, 6.45) is 6.35. The van der Waals surface area contributed by atoms with Crippen LogP contribution in [0.15, 0.2) is 12.4 Å². The van der Waals surface area contributed by atoms with Crippen molar-refractivity contribution in [2.24, 2.45) is 5.73 Å². The highest BCUT2D eigenvalue weighted by molar-refractivity contribution is 5.13. The normalized spacial score (nSPS) is 24.4. The molecule has 1 heterocycles. The van der Waals surface area contributed by atoms with Gasteiger partial charge in [0, 0.05) is 6.04 Å². The number of ether oxygens (including phenoxy) is 2. The molecule has 5 nitrogen and oxygen atoms in total. The average molecular weight is 223 g/mol. The van der Waals surface area contributed by atoms with Crippen LogP contribution in [0.2, 0.25) is 0 Å². The highest BCUT2D eigenvalue weighted by Crippen LogP contribution is 2.22. The Hall–Kier alpha value is -1.36. The molecule has 1 aliphatic carbocycles. The Kier molecular flexibility index (Phi) is 3.56. The molecule has 5 heteroatoms. The average Bonchev–Trinajstić information content (AvgIpc) is 2.66. The molecule has 0 radical (unpaired) electrons. The van der Waals surface area contributed by atoms with Crippen LogP contribution in [0.5, 0.6) is 11.8 Å². The Labute approximate surface area is 95.0 Å². The summed E-state index contributed by atoms with van der Waals surface area (Å²) in [5.74, 6) is 0.986. The lowest BCUT2D eigenvalue weighted by atomic mass is 10.2. The first-order valence-electron chi connectivity index (χ1n) is 5.66. The van der Waals surface area contributed by atoms with Gasteiger partial charge < -0.3 is 15.2 Å². The number of hydrogen-bond donors (Lipinski definition) is 1. The molecule has 16 heavy (non-hydrogen) atoms. The Morgan fingerprint density at radius 1 is 1.38 bits per heavy atom. The predicted octanol–water partition coefficient (Wildman–Crippen LogP) is 1.13. The largest absolute Gasteiger partial charge is 0.477 e. The Bertz CT molecular complexity index is 346. The fourth-order valence-electron chi connectivity index (χ4n) is 1.86. The second-order valence-electron chi connectivity index (χ2n) is 3.88. The summed E-state index contributed by atoms with van der Waals surface area (Å²) < 4.78 is 10.9. The third kappa shape index (κ3) is 2.61. The summed E-state index contributed by atoms with van der Waals surface area (Å²) in [4.78, 5) is 8.21. The summed E-state index contributed by atoms with van der Waals surface area (Å²) in [5, 5.41) is 0. The predicted molar refractivity (Wildman–Crippen MR) is 59.4 cm³/mol. The second-order valence-corrected chi connectivity index (χ2v) is 3.88. The summed E-state index contributed by atoms with van der Waals surface area (Å²) in [5.41, 5.74) is 5.92. The molecular weight excluding hydrogens is 206 g/mol. The minimum Gasteiger partial charge on any atom is -0.477 e. The Morgan fingerprint density at radius 3 is 2.88 bits per heavy atom. The number of aromatic nitrogens is 2. The minimum atomic E-state index is 0.0613. The Balaban J connectivity index is 2.00. The van der Waals surface area contributed by atoms with Crippen LogP contribution < -0.4 is 15.2 Å². The van der Waals surface area contributed by atoms with E-state index in [0.717, 1.165) is 19.3 Å². The van der Waals surface area contributed by atoms with E-state index in [0.29, 0.717) is 18.4 Å². The minimum absolute atomic E-state index is 0.0613. The Morgan fingerprint density at radius 2 is 2.19 bits per heavy atom. The van der Waals surface area contributed by atoms with Crippen molar-refractivity contribution in [3.63, 3.8) is 0 Å². The topological polar surface area (TPSA) is 70.3 Å².